The van der Waals surface area contributed by atoms with E-state index < -0.39 is 63.6 Å². The number of methoxy groups -OCH3 is 1. The van der Waals surface area contributed by atoms with E-state index in [-0.39, 0.29) is 59.8 Å². The average molecular weight is 651 g/mol. The lowest BCUT2D eigenvalue weighted by molar-refractivity contribution is -0.163. The molecule has 5 N–H and O–H groups in total. The molecule has 15 heteroatoms. The number of carbonyl (C=O) groups is 6. The Morgan fingerprint density at radius 3 is 2.46 bits per heavy atom. The molecule has 5 aliphatic heterocycles. The number of hydrogen-bond donors (Lipinski definition) is 3. The average Bonchev–Trinajstić information content (AvgIpc) is 3.40. The summed E-state index contributed by atoms with van der Waals surface area (Å²) in [6.45, 7) is 5.06. The molecular weight excluding hydrogens is 616 g/mol. The van der Waals surface area contributed by atoms with E-state index in [4.69, 9.17) is 20.9 Å². The normalized spacial score (nSPS) is 33.4. The Balaban J connectivity index is 1.13. The monoisotopic (exact) mass is 650 g/mol. The third-order valence-electron chi connectivity index (χ3n) is 10.1. The number of amides is 4. The number of benzene rings is 1. The maximum atomic E-state index is 14.4. The molecule has 0 saturated carbocycles. The number of hydrogen-bond acceptors (Lipinski definition) is 11. The van der Waals surface area contributed by atoms with E-state index in [0.717, 1.165) is 5.56 Å². The molecule has 14 nitrogen and oxygen atoms in total. The molecule has 0 aromatic heterocycles. The van der Waals surface area contributed by atoms with E-state index >= 15 is 0 Å². The minimum atomic E-state index is -1.42. The predicted molar refractivity (Wildman–Crippen MR) is 162 cm³/mol. The summed E-state index contributed by atoms with van der Waals surface area (Å²) in [7, 11) is 1.41. The number of fused-ring (bicyclic) bond motifs is 5. The summed E-state index contributed by atoms with van der Waals surface area (Å²) in [5, 5.41) is 2.43. The number of rotatable bonds is 7. The maximum absolute atomic E-state index is 14.4. The molecule has 1 aromatic carbocycles. The van der Waals surface area contributed by atoms with Crippen LogP contribution in [0.2, 0.25) is 0 Å². The largest absolute Gasteiger partial charge is 0.449 e. The lowest BCUT2D eigenvalue weighted by atomic mass is 9.82. The molecule has 6 aliphatic rings. The highest BCUT2D eigenvalue weighted by Gasteiger charge is 2.79. The van der Waals surface area contributed by atoms with E-state index in [1.54, 1.807) is 14.7 Å². The van der Waals surface area contributed by atoms with Gasteiger partial charge in [-0.05, 0) is 26.3 Å². The first-order valence-electron chi connectivity index (χ1n) is 15.0. The number of β-lactam (4-membered cyclic amide) rings is 1. The van der Waals surface area contributed by atoms with Crippen molar-refractivity contribution in [3.63, 3.8) is 0 Å². The summed E-state index contributed by atoms with van der Waals surface area (Å²) in [6, 6.07) is 6.59. The van der Waals surface area contributed by atoms with Crippen molar-refractivity contribution in [1.29, 1.82) is 0 Å². The number of piperazine rings is 1. The molecule has 4 amide bonds. The molecule has 0 unspecified atom stereocenters. The fourth-order valence-corrected chi connectivity index (χ4v) is 9.70. The van der Waals surface area contributed by atoms with Crippen molar-refractivity contribution >= 4 is 47.1 Å². The minimum absolute atomic E-state index is 0.0674. The number of carbonyl (C=O) groups excluding carboxylic acids is 6. The van der Waals surface area contributed by atoms with Gasteiger partial charge < -0.3 is 41.0 Å². The Morgan fingerprint density at radius 1 is 1.11 bits per heavy atom. The molecule has 46 heavy (non-hydrogen) atoms. The van der Waals surface area contributed by atoms with Gasteiger partial charge >= 0.3 is 6.09 Å². The van der Waals surface area contributed by atoms with E-state index in [2.05, 4.69) is 5.32 Å². The molecule has 1 aromatic rings. The summed E-state index contributed by atoms with van der Waals surface area (Å²) in [6.07, 6.45) is -0.943. The smallest absolute Gasteiger partial charge is 0.404 e. The number of Topliss-reactive ketones (excluding diaryl/α,β-unsaturated/α-hetero) is 2. The van der Waals surface area contributed by atoms with Crippen LogP contribution in [0.15, 0.2) is 52.9 Å². The molecule has 242 valence electrons. The molecule has 7 atom stereocenters. The molecule has 1 aliphatic carbocycles. The fraction of sp³-hybridized carbons (Fsp3) is 0.484. The first-order valence-corrected chi connectivity index (χ1v) is 15.8. The number of nitrogens with one attached hydrogen (secondary N) is 1. The zero-order valence-electron chi connectivity index (χ0n) is 25.6. The van der Waals surface area contributed by atoms with Crippen molar-refractivity contribution in [2.75, 3.05) is 20.3 Å². The van der Waals surface area contributed by atoms with Crippen molar-refractivity contribution in [1.82, 2.24) is 20.0 Å². The highest BCUT2D eigenvalue weighted by Crippen LogP contribution is 2.61. The number of allylic oxidation sites excluding steroid dienone is 2. The van der Waals surface area contributed by atoms with Gasteiger partial charge in [-0.25, -0.2) is 4.79 Å². The number of ketones is 2. The van der Waals surface area contributed by atoms with Gasteiger partial charge in [-0.3, -0.25) is 24.0 Å². The van der Waals surface area contributed by atoms with Gasteiger partial charge in [-0.2, -0.15) is 0 Å². The zero-order chi connectivity index (χ0) is 33.0. The number of nitrogens with zero attached hydrogens (tertiary/aromatic N) is 3. The van der Waals surface area contributed by atoms with Crippen LogP contribution in [0, 0.1) is 5.92 Å². The van der Waals surface area contributed by atoms with Crippen LogP contribution in [0.1, 0.15) is 26.3 Å². The van der Waals surface area contributed by atoms with Crippen LogP contribution in [-0.4, -0.2) is 110 Å². The van der Waals surface area contributed by atoms with E-state index in [9.17, 15) is 28.8 Å². The lowest BCUT2D eigenvalue weighted by Crippen LogP contribution is -2.71. The first-order chi connectivity index (χ1) is 21.8. The SMILES string of the molecule is CO[C@@]12[C@H](COC(N)=O)C3=C(C(=O)C(C)=C(N)C3=O)N1C[C@@H]1[C@@H]2N1C(=O)[C@H]1N2C(=O)[C@H](NC(=O)Cc3ccccc3)[C@@H]2SC1(C)C. The van der Waals surface area contributed by atoms with Gasteiger partial charge in [0.2, 0.25) is 29.3 Å². The van der Waals surface area contributed by atoms with Crippen LogP contribution in [0.25, 0.3) is 0 Å². The van der Waals surface area contributed by atoms with Crippen molar-refractivity contribution in [2.24, 2.45) is 17.4 Å². The summed E-state index contributed by atoms with van der Waals surface area (Å²) in [5.74, 6) is -2.89. The van der Waals surface area contributed by atoms with Crippen molar-refractivity contribution in [3.8, 4) is 0 Å². The standard InChI is InChI=1S/C31H34N6O8S/c1-13-19(32)23(40)18-15(12-45-29(33)43)31(44-4)24-16(11-35(31)21(18)22(13)39)36(24)27(42)25-30(2,3)46-28-20(26(41)37(25)28)34-17(38)10-14-8-6-5-7-9-14/h5-9,15-16,20,24-25,28H,10-12,32H2,1-4H3,(H2,33,43)(H,34,38)/t15-,16-,20+,24+,25-,28+,31-,36?/m1/s1. The molecule has 4 saturated heterocycles. The van der Waals surface area contributed by atoms with Gasteiger partial charge in [0.1, 0.15) is 30.1 Å². The summed E-state index contributed by atoms with van der Waals surface area (Å²) >= 11 is 1.45. The highest BCUT2D eigenvalue weighted by atomic mass is 32.2. The second-order valence-electron chi connectivity index (χ2n) is 12.9. The van der Waals surface area contributed by atoms with Crippen LogP contribution in [-0.2, 0) is 39.9 Å². The van der Waals surface area contributed by atoms with Crippen molar-refractivity contribution in [2.45, 2.75) is 67.2 Å². The van der Waals surface area contributed by atoms with Gasteiger partial charge in [0, 0.05) is 29.5 Å². The third kappa shape index (κ3) is 3.93. The quantitative estimate of drug-likeness (QED) is 0.193. The number of primary amides is 1. The molecule has 5 heterocycles. The molecule has 0 bridgehead atoms. The fourth-order valence-electron chi connectivity index (χ4n) is 8.07. The van der Waals surface area contributed by atoms with Crippen molar-refractivity contribution in [3.05, 3.63) is 58.4 Å². The predicted octanol–water partition coefficient (Wildman–Crippen LogP) is -0.622. The van der Waals surface area contributed by atoms with E-state index in [0.29, 0.717) is 0 Å². The Bertz CT molecular complexity index is 1690. The summed E-state index contributed by atoms with van der Waals surface area (Å²) in [5.41, 5.74) is 10.8. The highest BCUT2D eigenvalue weighted by molar-refractivity contribution is 8.01. The summed E-state index contributed by atoms with van der Waals surface area (Å²) in [4.78, 5) is 84.1. The molecular formula is C31H34N6O8S. The van der Waals surface area contributed by atoms with Crippen LogP contribution in [0.3, 0.4) is 0 Å². The second-order valence-corrected chi connectivity index (χ2v) is 14.7. The Labute approximate surface area is 268 Å². The second kappa shape index (κ2) is 10.1. The number of nitrogens with two attached hydrogens (primary N) is 2. The van der Waals surface area contributed by atoms with E-state index in [1.807, 2.05) is 44.2 Å². The Morgan fingerprint density at radius 2 is 1.80 bits per heavy atom. The van der Waals surface area contributed by atoms with Crippen molar-refractivity contribution < 1.29 is 38.2 Å². The summed E-state index contributed by atoms with van der Waals surface area (Å²) < 4.78 is 10.6. The van der Waals surface area contributed by atoms with E-state index in [1.165, 1.54) is 25.8 Å². The maximum Gasteiger partial charge on any atom is 0.404 e. The molecule has 0 radical (unpaired) electrons. The number of thioether (sulfide) groups is 1. The van der Waals surface area contributed by atoms with Gasteiger partial charge in [-0.1, -0.05) is 30.3 Å². The third-order valence-corrected chi connectivity index (χ3v) is 11.7. The zero-order valence-corrected chi connectivity index (χ0v) is 26.5. The van der Waals surface area contributed by atoms with Crippen LogP contribution < -0.4 is 16.8 Å². The van der Waals surface area contributed by atoms with Crippen LogP contribution in [0.5, 0.6) is 0 Å². The van der Waals surface area contributed by atoms with Gasteiger partial charge in [0.15, 0.2) is 5.72 Å². The topological polar surface area (TPSA) is 194 Å². The molecule has 0 spiro atoms. The molecule has 4 fully saturated rings. The number of ether oxygens (including phenoxy) is 2. The van der Waals surface area contributed by atoms with Gasteiger partial charge in [0.25, 0.3) is 0 Å². The Hall–Kier alpha value is -4.37. The van der Waals surface area contributed by atoms with Crippen LogP contribution in [0.4, 0.5) is 4.79 Å². The minimum Gasteiger partial charge on any atom is -0.449 e. The Kier molecular flexibility index (Phi) is 6.63. The first kappa shape index (κ1) is 30.3. The lowest BCUT2D eigenvalue weighted by Gasteiger charge is -2.45. The van der Waals surface area contributed by atoms with Gasteiger partial charge in [0.05, 0.1) is 29.8 Å². The molecule has 7 rings (SSSR count). The van der Waals surface area contributed by atoms with Gasteiger partial charge in [-0.15, -0.1) is 11.8 Å². The van der Waals surface area contributed by atoms with Crippen LogP contribution >= 0.6 is 11.8 Å².